The first-order valence-electron chi connectivity index (χ1n) is 7.33. The molecule has 0 atom stereocenters. The molecule has 1 aliphatic rings. The van der Waals surface area contributed by atoms with E-state index in [-0.39, 0.29) is 21.4 Å². The smallest absolute Gasteiger partial charge is 0.323 e. The summed E-state index contributed by atoms with van der Waals surface area (Å²) < 4.78 is 27.3. The molecule has 2 aromatic heterocycles. The summed E-state index contributed by atoms with van der Waals surface area (Å²) >= 11 is 0.883. The number of benzene rings is 1. The minimum Gasteiger partial charge on any atom is -0.323 e. The van der Waals surface area contributed by atoms with Gasteiger partial charge in [0.15, 0.2) is 0 Å². The lowest BCUT2D eigenvalue weighted by atomic mass is 10.1. The van der Waals surface area contributed by atoms with Crippen LogP contribution in [0, 0.1) is 0 Å². The number of aryl methyl sites for hydroxylation is 1. The molecule has 0 saturated carbocycles. The van der Waals surface area contributed by atoms with Gasteiger partial charge in [0.1, 0.15) is 15.4 Å². The topological polar surface area (TPSA) is 81.5 Å². The molecule has 0 saturated heterocycles. The van der Waals surface area contributed by atoms with Crippen LogP contribution in [0.2, 0.25) is 0 Å². The number of fused-ring (bicyclic) bond motifs is 2. The maximum atomic E-state index is 13.0. The van der Waals surface area contributed by atoms with Gasteiger partial charge in [-0.3, -0.25) is 14.3 Å². The molecule has 3 heterocycles. The van der Waals surface area contributed by atoms with E-state index < -0.39 is 29.9 Å². The van der Waals surface area contributed by atoms with Gasteiger partial charge in [-0.1, -0.05) is 17.2 Å². The summed E-state index contributed by atoms with van der Waals surface area (Å²) in [7, 11) is 1.48. The van der Waals surface area contributed by atoms with Crippen molar-refractivity contribution in [2.75, 3.05) is 0 Å². The second kappa shape index (κ2) is 5.70. The molecule has 3 aromatic rings. The molecule has 0 radical (unpaired) electrons. The molecule has 0 unspecified atom stereocenters. The van der Waals surface area contributed by atoms with Gasteiger partial charge >= 0.3 is 5.97 Å². The summed E-state index contributed by atoms with van der Waals surface area (Å²) in [6.45, 7) is 0. The molecule has 1 aliphatic heterocycles. The number of halogens is 2. The quantitative estimate of drug-likeness (QED) is 0.656. The van der Waals surface area contributed by atoms with Crippen molar-refractivity contribution in [1.82, 2.24) is 14.8 Å². The summed E-state index contributed by atoms with van der Waals surface area (Å²) in [6, 6.07) is 7.28. The molecular formula is C16H9F2N3O4S. The van der Waals surface area contributed by atoms with Crippen molar-refractivity contribution in [2.24, 2.45) is 7.05 Å². The molecule has 0 N–H and O–H groups in total. The molecule has 0 aliphatic carbocycles. The lowest BCUT2D eigenvalue weighted by molar-refractivity contribution is -0.0581. The van der Waals surface area contributed by atoms with Crippen molar-refractivity contribution in [3.8, 4) is 0 Å². The summed E-state index contributed by atoms with van der Waals surface area (Å²) in [5.74, 6) is -2.49. The molecule has 0 fully saturated rings. The highest BCUT2D eigenvalue weighted by Gasteiger charge is 2.39. The van der Waals surface area contributed by atoms with Crippen LogP contribution in [-0.4, -0.2) is 32.6 Å². The van der Waals surface area contributed by atoms with Crippen LogP contribution in [-0.2, 0) is 11.9 Å². The predicted molar refractivity (Wildman–Crippen MR) is 85.9 cm³/mol. The fraction of sp³-hybridized carbons (Fsp3) is 0.125. The van der Waals surface area contributed by atoms with Gasteiger partial charge in [-0.2, -0.15) is 5.10 Å². The standard InChI is InChI=1S/C16H9F2N3O4S/c1-20-15-9(11(19-20)12(17)18)6-10(26-15)16(24)25-21-13(22)7-4-2-3-5-8(7)14(21)23/h2-6,12H,1H3. The molecule has 7 nitrogen and oxygen atoms in total. The lowest BCUT2D eigenvalue weighted by Gasteiger charge is -2.11. The Labute approximate surface area is 148 Å². The van der Waals surface area contributed by atoms with Crippen LogP contribution in [0.25, 0.3) is 10.2 Å². The summed E-state index contributed by atoms with van der Waals surface area (Å²) in [4.78, 5) is 42.0. The van der Waals surface area contributed by atoms with Crippen LogP contribution in [0.1, 0.15) is 42.5 Å². The first kappa shape index (κ1) is 16.3. The van der Waals surface area contributed by atoms with E-state index in [2.05, 4.69) is 5.10 Å². The minimum absolute atomic E-state index is 0.0218. The highest BCUT2D eigenvalue weighted by Crippen LogP contribution is 2.33. The van der Waals surface area contributed by atoms with E-state index in [9.17, 15) is 23.2 Å². The van der Waals surface area contributed by atoms with E-state index in [1.54, 1.807) is 12.1 Å². The largest absolute Gasteiger partial charge is 0.373 e. The maximum Gasteiger partial charge on any atom is 0.373 e. The number of rotatable bonds is 3. The van der Waals surface area contributed by atoms with Gasteiger partial charge in [0, 0.05) is 12.4 Å². The van der Waals surface area contributed by atoms with Crippen molar-refractivity contribution >= 4 is 39.3 Å². The van der Waals surface area contributed by atoms with Gasteiger partial charge in [-0.15, -0.1) is 11.3 Å². The van der Waals surface area contributed by atoms with Crippen molar-refractivity contribution in [3.05, 3.63) is 52.0 Å². The van der Waals surface area contributed by atoms with Crippen LogP contribution in [0.3, 0.4) is 0 Å². The first-order chi connectivity index (χ1) is 12.4. The van der Waals surface area contributed by atoms with Crippen molar-refractivity contribution in [2.45, 2.75) is 6.43 Å². The van der Waals surface area contributed by atoms with E-state index >= 15 is 0 Å². The molecule has 2 amide bonds. The summed E-state index contributed by atoms with van der Waals surface area (Å²) in [5.41, 5.74) is -0.185. The molecule has 10 heteroatoms. The van der Waals surface area contributed by atoms with Gasteiger partial charge in [-0.05, 0) is 18.2 Å². The van der Waals surface area contributed by atoms with Crippen molar-refractivity contribution in [3.63, 3.8) is 0 Å². The Morgan fingerprint density at radius 2 is 1.81 bits per heavy atom. The third kappa shape index (κ3) is 2.30. The Bertz CT molecular complexity index is 1050. The monoisotopic (exact) mass is 377 g/mol. The van der Waals surface area contributed by atoms with Gasteiger partial charge in [0.25, 0.3) is 18.2 Å². The average Bonchev–Trinajstić information content (AvgIpc) is 3.25. The Kier molecular flexibility index (Phi) is 3.58. The molecule has 1 aromatic carbocycles. The molecule has 0 bridgehead atoms. The molecule has 26 heavy (non-hydrogen) atoms. The van der Waals surface area contributed by atoms with E-state index in [0.29, 0.717) is 9.89 Å². The maximum absolute atomic E-state index is 13.0. The second-order valence-electron chi connectivity index (χ2n) is 5.47. The van der Waals surface area contributed by atoms with Gasteiger partial charge in [-0.25, -0.2) is 13.6 Å². The fourth-order valence-corrected chi connectivity index (χ4v) is 3.66. The van der Waals surface area contributed by atoms with E-state index in [1.165, 1.54) is 29.9 Å². The number of hydroxylamine groups is 2. The molecular weight excluding hydrogens is 368 g/mol. The highest BCUT2D eigenvalue weighted by atomic mass is 32.1. The van der Waals surface area contributed by atoms with Gasteiger partial charge in [0.05, 0.1) is 11.1 Å². The minimum atomic E-state index is -2.80. The zero-order chi connectivity index (χ0) is 18.6. The normalized spacial score (nSPS) is 13.8. The van der Waals surface area contributed by atoms with Crippen molar-refractivity contribution < 1.29 is 28.0 Å². The molecule has 132 valence electrons. The fourth-order valence-electron chi connectivity index (χ4n) is 2.71. The number of hydrogen-bond donors (Lipinski definition) is 0. The van der Waals surface area contributed by atoms with Crippen LogP contribution < -0.4 is 0 Å². The number of carbonyl (C=O) groups excluding carboxylic acids is 3. The summed E-state index contributed by atoms with van der Waals surface area (Å²) in [5, 5.41) is 4.22. The third-order valence-electron chi connectivity index (χ3n) is 3.88. The Balaban J connectivity index is 1.64. The van der Waals surface area contributed by atoms with Crippen LogP contribution in [0.5, 0.6) is 0 Å². The van der Waals surface area contributed by atoms with E-state index in [4.69, 9.17) is 4.84 Å². The lowest BCUT2D eigenvalue weighted by Crippen LogP contribution is -2.32. The highest BCUT2D eigenvalue weighted by molar-refractivity contribution is 7.20. The average molecular weight is 377 g/mol. The number of hydrogen-bond acceptors (Lipinski definition) is 6. The number of thiophene rings is 1. The molecule has 4 rings (SSSR count). The summed E-state index contributed by atoms with van der Waals surface area (Å²) in [6.07, 6.45) is -2.80. The number of alkyl halides is 2. The van der Waals surface area contributed by atoms with Gasteiger partial charge in [0.2, 0.25) is 0 Å². The predicted octanol–water partition coefficient (Wildman–Crippen LogP) is 2.94. The SMILES string of the molecule is Cn1nc(C(F)F)c2cc(C(=O)ON3C(=O)c4ccccc4C3=O)sc21. The number of imide groups is 1. The van der Waals surface area contributed by atoms with Crippen LogP contribution in [0.4, 0.5) is 8.78 Å². The van der Waals surface area contributed by atoms with Crippen LogP contribution in [0.15, 0.2) is 30.3 Å². The Morgan fingerprint density at radius 1 is 1.19 bits per heavy atom. The Hall–Kier alpha value is -3.14. The van der Waals surface area contributed by atoms with E-state index in [1.807, 2.05) is 0 Å². The number of nitrogens with zero attached hydrogens (tertiary/aromatic N) is 3. The first-order valence-corrected chi connectivity index (χ1v) is 8.15. The van der Waals surface area contributed by atoms with Gasteiger partial charge < -0.3 is 4.84 Å². The number of aromatic nitrogens is 2. The number of carbonyl (C=O) groups is 3. The van der Waals surface area contributed by atoms with E-state index in [0.717, 1.165) is 11.3 Å². The zero-order valence-corrected chi connectivity index (χ0v) is 13.9. The van der Waals surface area contributed by atoms with Crippen LogP contribution >= 0.6 is 11.3 Å². The second-order valence-corrected chi connectivity index (χ2v) is 6.50. The third-order valence-corrected chi connectivity index (χ3v) is 5.06. The molecule has 0 spiro atoms. The van der Waals surface area contributed by atoms with Crippen molar-refractivity contribution in [1.29, 1.82) is 0 Å². The zero-order valence-electron chi connectivity index (χ0n) is 13.1. The number of amides is 2. The Morgan fingerprint density at radius 3 is 2.38 bits per heavy atom.